The minimum absolute atomic E-state index is 0.302. The monoisotopic (exact) mass is 406 g/mol. The van der Waals surface area contributed by atoms with Gasteiger partial charge in [0.05, 0.1) is 17.6 Å². The van der Waals surface area contributed by atoms with Gasteiger partial charge in [0.2, 0.25) is 0 Å². The van der Waals surface area contributed by atoms with E-state index < -0.39 is 6.36 Å². The molecule has 0 amide bonds. The number of benzene rings is 1. The van der Waals surface area contributed by atoms with Crippen molar-refractivity contribution in [1.82, 2.24) is 19.5 Å². The average molecular weight is 406 g/mol. The third kappa shape index (κ3) is 4.40. The van der Waals surface area contributed by atoms with Crippen LogP contribution in [0.25, 0.3) is 22.5 Å². The quantitative estimate of drug-likeness (QED) is 0.591. The molecule has 152 valence electrons. The largest absolute Gasteiger partial charge is 0.573 e. The Morgan fingerprint density at radius 1 is 1.14 bits per heavy atom. The summed E-state index contributed by atoms with van der Waals surface area (Å²) in [5.74, 6) is -0.302. The number of nitrogens with zero attached hydrogens (tertiary/aromatic N) is 4. The normalized spacial score (nSPS) is 15.5. The van der Waals surface area contributed by atoms with Gasteiger partial charge in [-0.1, -0.05) is 18.2 Å². The van der Waals surface area contributed by atoms with Crippen LogP contribution in [-0.2, 0) is 0 Å². The average Bonchev–Trinajstić information content (AvgIpc) is 3.11. The summed E-state index contributed by atoms with van der Waals surface area (Å²) in [6.07, 6.45) is -0.413. The van der Waals surface area contributed by atoms with E-state index in [0.29, 0.717) is 30.0 Å². The molecule has 0 atom stereocenters. The lowest BCUT2D eigenvalue weighted by atomic mass is 10.0. The fraction of sp³-hybridized carbons (Fsp3) is 0.300. The molecule has 5 nitrogen and oxygen atoms in total. The summed E-state index contributed by atoms with van der Waals surface area (Å²) in [6, 6.07) is 9.40. The van der Waals surface area contributed by atoms with Gasteiger partial charge in [-0.25, -0.2) is 13.9 Å². The maximum absolute atomic E-state index is 12.5. The van der Waals surface area contributed by atoms with Crippen LogP contribution in [0.1, 0.15) is 12.1 Å². The number of ether oxygens (including phenoxy) is 1. The number of alkyl halides is 4. The summed E-state index contributed by atoms with van der Waals surface area (Å²) < 4.78 is 55.7. The highest BCUT2D eigenvalue weighted by atomic mass is 19.4. The van der Waals surface area contributed by atoms with Gasteiger partial charge in [-0.3, -0.25) is 4.90 Å². The molecule has 4 rings (SSSR count). The topological polar surface area (TPSA) is 42.7 Å². The molecule has 0 radical (unpaired) electrons. The van der Waals surface area contributed by atoms with Crippen LogP contribution in [0.4, 0.5) is 17.6 Å². The number of halogens is 4. The predicted octanol–water partition coefficient (Wildman–Crippen LogP) is 4.35. The summed E-state index contributed by atoms with van der Waals surface area (Å²) in [5, 5.41) is 4.64. The van der Waals surface area contributed by atoms with E-state index in [9.17, 15) is 17.6 Å². The fourth-order valence-electron chi connectivity index (χ4n) is 3.36. The standard InChI is InChI=1S/C20H18F4N4O/c21-8-11-27-9-6-14(7-10-27)17-4-5-19-25-13-18(28(19)26-17)15-2-1-3-16(12-15)29-20(22,23)24/h1-6,12-13H,7-11H2. The lowest BCUT2D eigenvalue weighted by molar-refractivity contribution is -0.274. The van der Waals surface area contributed by atoms with E-state index in [0.717, 1.165) is 24.2 Å². The van der Waals surface area contributed by atoms with Crippen molar-refractivity contribution in [3.05, 3.63) is 54.4 Å². The lowest BCUT2D eigenvalue weighted by Crippen LogP contribution is -2.30. The minimum Gasteiger partial charge on any atom is -0.406 e. The van der Waals surface area contributed by atoms with Gasteiger partial charge in [0, 0.05) is 25.2 Å². The Balaban J connectivity index is 1.66. The van der Waals surface area contributed by atoms with Crippen molar-refractivity contribution in [3.63, 3.8) is 0 Å². The second-order valence-electron chi connectivity index (χ2n) is 6.68. The van der Waals surface area contributed by atoms with E-state index in [-0.39, 0.29) is 12.4 Å². The van der Waals surface area contributed by atoms with Crippen molar-refractivity contribution in [2.75, 3.05) is 26.3 Å². The van der Waals surface area contributed by atoms with Crippen LogP contribution < -0.4 is 4.74 Å². The van der Waals surface area contributed by atoms with Crippen molar-refractivity contribution >= 4 is 11.2 Å². The SMILES string of the molecule is FCCN1CC=C(c2ccc3ncc(-c4cccc(OC(F)(F)F)c4)n3n2)CC1. The summed E-state index contributed by atoms with van der Waals surface area (Å²) in [5.41, 5.74) is 3.47. The number of hydrogen-bond donors (Lipinski definition) is 0. The first-order chi connectivity index (χ1) is 13.9. The summed E-state index contributed by atoms with van der Waals surface area (Å²) in [6.45, 7) is 1.46. The van der Waals surface area contributed by atoms with E-state index >= 15 is 0 Å². The van der Waals surface area contributed by atoms with Crippen LogP contribution in [0, 0.1) is 0 Å². The van der Waals surface area contributed by atoms with Crippen molar-refractivity contribution in [2.45, 2.75) is 12.8 Å². The van der Waals surface area contributed by atoms with Gasteiger partial charge in [0.1, 0.15) is 12.4 Å². The second-order valence-corrected chi connectivity index (χ2v) is 6.68. The Hall–Kier alpha value is -2.94. The van der Waals surface area contributed by atoms with E-state index in [2.05, 4.69) is 14.8 Å². The molecule has 3 heterocycles. The first-order valence-corrected chi connectivity index (χ1v) is 9.11. The first-order valence-electron chi connectivity index (χ1n) is 9.11. The van der Waals surface area contributed by atoms with Crippen molar-refractivity contribution in [3.8, 4) is 17.0 Å². The smallest absolute Gasteiger partial charge is 0.406 e. The summed E-state index contributed by atoms with van der Waals surface area (Å²) in [7, 11) is 0. The highest BCUT2D eigenvalue weighted by Crippen LogP contribution is 2.29. The lowest BCUT2D eigenvalue weighted by Gasteiger charge is -2.24. The van der Waals surface area contributed by atoms with Gasteiger partial charge < -0.3 is 4.74 Å². The maximum Gasteiger partial charge on any atom is 0.573 e. The number of aromatic nitrogens is 3. The van der Waals surface area contributed by atoms with Crippen molar-refractivity contribution < 1.29 is 22.3 Å². The molecule has 0 aliphatic carbocycles. The molecule has 0 unspecified atom stereocenters. The fourth-order valence-corrected chi connectivity index (χ4v) is 3.36. The van der Waals surface area contributed by atoms with E-state index in [1.165, 1.54) is 18.2 Å². The van der Waals surface area contributed by atoms with Gasteiger partial charge >= 0.3 is 6.36 Å². The predicted molar refractivity (Wildman–Crippen MR) is 100 cm³/mol. The first kappa shape index (κ1) is 19.4. The highest BCUT2D eigenvalue weighted by molar-refractivity contribution is 5.67. The molecule has 1 aromatic carbocycles. The second kappa shape index (κ2) is 7.82. The Morgan fingerprint density at radius 2 is 2.00 bits per heavy atom. The van der Waals surface area contributed by atoms with Crippen molar-refractivity contribution in [2.24, 2.45) is 0 Å². The molecule has 0 saturated carbocycles. The van der Waals surface area contributed by atoms with Crippen LogP contribution in [0.3, 0.4) is 0 Å². The Labute approximate surface area is 164 Å². The Bertz CT molecular complexity index is 1040. The van der Waals surface area contributed by atoms with Gasteiger partial charge in [0.25, 0.3) is 0 Å². The van der Waals surface area contributed by atoms with Gasteiger partial charge in [-0.05, 0) is 36.3 Å². The third-order valence-electron chi connectivity index (χ3n) is 4.75. The zero-order valence-electron chi connectivity index (χ0n) is 15.4. The Morgan fingerprint density at radius 3 is 2.72 bits per heavy atom. The number of imidazole rings is 1. The molecule has 0 saturated heterocycles. The molecule has 0 fully saturated rings. The summed E-state index contributed by atoms with van der Waals surface area (Å²) in [4.78, 5) is 6.31. The minimum atomic E-state index is -4.76. The van der Waals surface area contributed by atoms with Crippen LogP contribution >= 0.6 is 0 Å². The molecular formula is C20H18F4N4O. The molecule has 0 bridgehead atoms. The van der Waals surface area contributed by atoms with Gasteiger partial charge in [0.15, 0.2) is 5.65 Å². The van der Waals surface area contributed by atoms with Crippen LogP contribution in [-0.4, -0.2) is 52.2 Å². The van der Waals surface area contributed by atoms with Gasteiger partial charge in [-0.15, -0.1) is 13.2 Å². The maximum atomic E-state index is 12.5. The molecule has 0 N–H and O–H groups in total. The molecule has 29 heavy (non-hydrogen) atoms. The van der Waals surface area contributed by atoms with Crippen molar-refractivity contribution in [1.29, 1.82) is 0 Å². The molecule has 2 aromatic heterocycles. The van der Waals surface area contributed by atoms with Gasteiger partial charge in [-0.2, -0.15) is 5.10 Å². The molecule has 3 aromatic rings. The number of fused-ring (bicyclic) bond motifs is 1. The number of hydrogen-bond acceptors (Lipinski definition) is 4. The molecule has 1 aliphatic rings. The molecular weight excluding hydrogens is 388 g/mol. The molecule has 0 spiro atoms. The van der Waals surface area contributed by atoms with Crippen LogP contribution in [0.5, 0.6) is 5.75 Å². The van der Waals surface area contributed by atoms with Crippen LogP contribution in [0.15, 0.2) is 48.7 Å². The highest BCUT2D eigenvalue weighted by Gasteiger charge is 2.31. The Kier molecular flexibility index (Phi) is 5.23. The molecule has 1 aliphatic heterocycles. The number of rotatable bonds is 5. The zero-order valence-corrected chi connectivity index (χ0v) is 15.4. The van der Waals surface area contributed by atoms with Crippen LogP contribution in [0.2, 0.25) is 0 Å². The molecule has 9 heteroatoms. The van der Waals surface area contributed by atoms with E-state index in [4.69, 9.17) is 0 Å². The third-order valence-corrected chi connectivity index (χ3v) is 4.75. The van der Waals surface area contributed by atoms with E-state index in [1.807, 2.05) is 23.1 Å². The summed E-state index contributed by atoms with van der Waals surface area (Å²) >= 11 is 0. The van der Waals surface area contributed by atoms with E-state index in [1.54, 1.807) is 16.8 Å². The zero-order chi connectivity index (χ0) is 20.4.